The molecule has 0 spiro atoms. The van der Waals surface area contributed by atoms with Crippen LogP contribution in [0.5, 0.6) is 11.5 Å². The molecule has 7 nitrogen and oxygen atoms in total. The molecule has 2 aromatic heterocycles. The van der Waals surface area contributed by atoms with Crippen LogP contribution in [0, 0.1) is 5.82 Å². The van der Waals surface area contributed by atoms with Gasteiger partial charge in [0, 0.05) is 18.3 Å². The largest absolute Gasteiger partial charge is 0.465 e. The minimum atomic E-state index is -1.36. The maximum Gasteiger partial charge on any atom is 0.409 e. The van der Waals surface area contributed by atoms with E-state index in [4.69, 9.17) is 21.4 Å². The molecule has 23 heavy (non-hydrogen) atoms. The van der Waals surface area contributed by atoms with Gasteiger partial charge in [-0.25, -0.2) is 24.1 Å². The number of rotatable bonds is 3. The van der Waals surface area contributed by atoms with E-state index in [0.717, 1.165) is 6.07 Å². The number of nitrogens with zero attached hydrogens (tertiary/aromatic N) is 3. The topological polar surface area (TPSA) is 97.2 Å². The Morgan fingerprint density at radius 3 is 2.87 bits per heavy atom. The summed E-state index contributed by atoms with van der Waals surface area (Å²) in [6.07, 6.45) is 1.45. The molecule has 0 atom stereocenters. The van der Waals surface area contributed by atoms with Crippen molar-refractivity contribution >= 4 is 34.5 Å². The normalized spacial score (nSPS) is 10.5. The van der Waals surface area contributed by atoms with Crippen molar-refractivity contribution in [2.24, 2.45) is 0 Å². The molecule has 0 fully saturated rings. The molecule has 3 aromatic rings. The molecule has 0 aliphatic rings. The van der Waals surface area contributed by atoms with Crippen LogP contribution in [0.15, 0.2) is 36.7 Å². The molecule has 0 unspecified atom stereocenters. The highest BCUT2D eigenvalue weighted by Crippen LogP contribution is 2.29. The minimum absolute atomic E-state index is 0.169. The summed E-state index contributed by atoms with van der Waals surface area (Å²) >= 11 is 5.75. The number of carboxylic acid groups (broad SMARTS) is 1. The van der Waals surface area contributed by atoms with E-state index in [2.05, 4.69) is 15.0 Å². The van der Waals surface area contributed by atoms with Crippen molar-refractivity contribution in [2.45, 2.75) is 0 Å². The van der Waals surface area contributed by atoms with Crippen molar-refractivity contribution in [3.63, 3.8) is 0 Å². The molecule has 0 saturated heterocycles. The van der Waals surface area contributed by atoms with Gasteiger partial charge in [-0.1, -0.05) is 11.6 Å². The van der Waals surface area contributed by atoms with Crippen LogP contribution < -0.4 is 10.1 Å². The number of aromatic nitrogens is 3. The summed E-state index contributed by atoms with van der Waals surface area (Å²) in [5.74, 6) is -0.280. The Labute approximate surface area is 133 Å². The van der Waals surface area contributed by atoms with Crippen LogP contribution in [0.2, 0.25) is 5.15 Å². The second-order valence-corrected chi connectivity index (χ2v) is 4.74. The number of hydrogen-bond acceptors (Lipinski definition) is 5. The SMILES string of the molecule is O=C(O)Nc1ccc(Oc2ccnc3nc(Cl)cnc23)cc1F. The van der Waals surface area contributed by atoms with Crippen LogP contribution in [0.4, 0.5) is 14.9 Å². The van der Waals surface area contributed by atoms with Gasteiger partial charge in [-0.15, -0.1) is 0 Å². The molecular weight excluding hydrogens is 327 g/mol. The number of carbonyl (C=O) groups is 1. The number of hydrogen-bond donors (Lipinski definition) is 2. The fourth-order valence-electron chi connectivity index (χ4n) is 1.86. The second kappa shape index (κ2) is 6.01. The standard InChI is InChI=1S/C14H8ClFN4O3/c15-11-6-18-12-10(3-4-17-13(12)20-11)23-7-1-2-9(8(16)5-7)19-14(21)22/h1-6,19H,(H,21,22). The van der Waals surface area contributed by atoms with E-state index >= 15 is 0 Å². The van der Waals surface area contributed by atoms with Gasteiger partial charge in [-0.3, -0.25) is 5.32 Å². The molecule has 0 aliphatic carbocycles. The fourth-order valence-corrected chi connectivity index (χ4v) is 1.99. The van der Waals surface area contributed by atoms with Gasteiger partial charge < -0.3 is 9.84 Å². The van der Waals surface area contributed by atoms with Crippen molar-refractivity contribution in [3.8, 4) is 11.5 Å². The lowest BCUT2D eigenvalue weighted by molar-refractivity contribution is 0.209. The number of amides is 1. The first-order valence-electron chi connectivity index (χ1n) is 6.27. The fraction of sp³-hybridized carbons (Fsp3) is 0. The average Bonchev–Trinajstić information content (AvgIpc) is 2.49. The Bertz CT molecular complexity index is 906. The van der Waals surface area contributed by atoms with E-state index in [1.165, 1.54) is 24.5 Å². The highest BCUT2D eigenvalue weighted by atomic mass is 35.5. The van der Waals surface area contributed by atoms with Crippen LogP contribution in [0.25, 0.3) is 11.2 Å². The van der Waals surface area contributed by atoms with Crippen molar-refractivity contribution in [3.05, 3.63) is 47.6 Å². The number of pyridine rings is 1. The summed E-state index contributed by atoms with van der Waals surface area (Å²) in [5.41, 5.74) is 0.487. The van der Waals surface area contributed by atoms with Crippen LogP contribution >= 0.6 is 11.6 Å². The summed E-state index contributed by atoms with van der Waals surface area (Å²) in [7, 11) is 0. The van der Waals surface area contributed by atoms with Gasteiger partial charge in [-0.05, 0) is 12.1 Å². The lowest BCUT2D eigenvalue weighted by atomic mass is 10.3. The number of ether oxygens (including phenoxy) is 1. The summed E-state index contributed by atoms with van der Waals surface area (Å²) < 4.78 is 19.4. The minimum Gasteiger partial charge on any atom is -0.465 e. The van der Waals surface area contributed by atoms with Gasteiger partial charge in [-0.2, -0.15) is 0 Å². The lowest BCUT2D eigenvalue weighted by Gasteiger charge is -2.09. The molecule has 1 aromatic carbocycles. The maximum atomic E-state index is 13.8. The van der Waals surface area contributed by atoms with Gasteiger partial charge in [0.25, 0.3) is 0 Å². The molecule has 9 heteroatoms. The highest BCUT2D eigenvalue weighted by Gasteiger charge is 2.11. The third-order valence-corrected chi connectivity index (χ3v) is 2.97. The Morgan fingerprint density at radius 1 is 1.30 bits per heavy atom. The molecule has 2 N–H and O–H groups in total. The Morgan fingerprint density at radius 2 is 2.13 bits per heavy atom. The average molecular weight is 335 g/mol. The summed E-state index contributed by atoms with van der Waals surface area (Å²) in [6, 6.07) is 5.28. The van der Waals surface area contributed by atoms with E-state index in [9.17, 15) is 9.18 Å². The first kappa shape index (κ1) is 14.9. The number of benzene rings is 1. The van der Waals surface area contributed by atoms with E-state index in [0.29, 0.717) is 16.9 Å². The summed E-state index contributed by atoms with van der Waals surface area (Å²) in [6.45, 7) is 0. The van der Waals surface area contributed by atoms with E-state index in [-0.39, 0.29) is 16.6 Å². The van der Waals surface area contributed by atoms with Gasteiger partial charge in [0.1, 0.15) is 10.9 Å². The molecule has 0 aliphatic heterocycles. The molecule has 116 valence electrons. The number of anilines is 1. The van der Waals surface area contributed by atoms with E-state index in [1.54, 1.807) is 6.07 Å². The predicted molar refractivity (Wildman–Crippen MR) is 80.5 cm³/mol. The van der Waals surface area contributed by atoms with Crippen molar-refractivity contribution < 1.29 is 19.0 Å². The van der Waals surface area contributed by atoms with Gasteiger partial charge in [0.05, 0.1) is 11.9 Å². The van der Waals surface area contributed by atoms with Crippen molar-refractivity contribution in [2.75, 3.05) is 5.32 Å². The molecule has 1 amide bonds. The molecule has 2 heterocycles. The third kappa shape index (κ3) is 3.27. The van der Waals surface area contributed by atoms with Crippen molar-refractivity contribution in [1.29, 1.82) is 0 Å². The number of fused-ring (bicyclic) bond motifs is 1. The molecule has 0 saturated carbocycles. The molecular formula is C14H8ClFN4O3. The Hall–Kier alpha value is -3.00. The zero-order valence-electron chi connectivity index (χ0n) is 11.3. The summed E-state index contributed by atoms with van der Waals surface area (Å²) in [5, 5.41) is 10.7. The lowest BCUT2D eigenvalue weighted by Crippen LogP contribution is -2.08. The zero-order chi connectivity index (χ0) is 16.4. The van der Waals surface area contributed by atoms with Gasteiger partial charge in [0.2, 0.25) is 0 Å². The number of halogens is 2. The molecule has 3 rings (SSSR count). The highest BCUT2D eigenvalue weighted by molar-refractivity contribution is 6.29. The van der Waals surface area contributed by atoms with Crippen LogP contribution in [-0.2, 0) is 0 Å². The molecule has 0 radical (unpaired) electrons. The zero-order valence-corrected chi connectivity index (χ0v) is 12.1. The van der Waals surface area contributed by atoms with Crippen LogP contribution in [0.1, 0.15) is 0 Å². The Balaban J connectivity index is 1.93. The Kier molecular flexibility index (Phi) is 3.90. The summed E-state index contributed by atoms with van der Waals surface area (Å²) in [4.78, 5) is 22.6. The first-order chi connectivity index (χ1) is 11.0. The second-order valence-electron chi connectivity index (χ2n) is 4.35. The van der Waals surface area contributed by atoms with Gasteiger partial charge >= 0.3 is 6.09 Å². The van der Waals surface area contributed by atoms with Gasteiger partial charge in [0.15, 0.2) is 22.7 Å². The third-order valence-electron chi connectivity index (χ3n) is 2.79. The van der Waals surface area contributed by atoms with Crippen LogP contribution in [-0.4, -0.2) is 26.2 Å². The van der Waals surface area contributed by atoms with E-state index < -0.39 is 11.9 Å². The predicted octanol–water partition coefficient (Wildman–Crippen LogP) is 3.70. The monoisotopic (exact) mass is 334 g/mol. The maximum absolute atomic E-state index is 13.8. The van der Waals surface area contributed by atoms with E-state index in [1.807, 2.05) is 5.32 Å². The van der Waals surface area contributed by atoms with Crippen molar-refractivity contribution in [1.82, 2.24) is 15.0 Å². The number of nitrogens with one attached hydrogen (secondary N) is 1. The first-order valence-corrected chi connectivity index (χ1v) is 6.65. The molecule has 0 bridgehead atoms. The smallest absolute Gasteiger partial charge is 0.409 e. The van der Waals surface area contributed by atoms with Crippen LogP contribution in [0.3, 0.4) is 0 Å². The quantitative estimate of drug-likeness (QED) is 0.758.